The summed E-state index contributed by atoms with van der Waals surface area (Å²) < 4.78 is 10.4. The Hall–Kier alpha value is -1.96. The van der Waals surface area contributed by atoms with E-state index in [9.17, 15) is 14.7 Å². The highest BCUT2D eigenvalue weighted by Crippen LogP contribution is 2.42. The number of rotatable bonds is 5. The third-order valence-corrected chi connectivity index (χ3v) is 4.84. The second-order valence-corrected chi connectivity index (χ2v) is 6.35. The van der Waals surface area contributed by atoms with Gasteiger partial charge in [-0.25, -0.2) is 0 Å². The van der Waals surface area contributed by atoms with Crippen molar-refractivity contribution in [2.45, 2.75) is 32.6 Å². The molecule has 2 fully saturated rings. The number of nitrogens with zero attached hydrogens (tertiary/aromatic N) is 3. The van der Waals surface area contributed by atoms with Crippen LogP contribution in [-0.2, 0) is 20.7 Å². The van der Waals surface area contributed by atoms with Gasteiger partial charge in [-0.05, 0) is 19.8 Å². The van der Waals surface area contributed by atoms with E-state index in [2.05, 4.69) is 10.1 Å². The molecule has 0 radical (unpaired) electrons. The first-order chi connectivity index (χ1) is 11.0. The monoisotopic (exact) mass is 323 g/mol. The van der Waals surface area contributed by atoms with Crippen LogP contribution in [0.25, 0.3) is 0 Å². The molecule has 8 heteroatoms. The van der Waals surface area contributed by atoms with Crippen LogP contribution in [0.5, 0.6) is 0 Å². The molecule has 23 heavy (non-hydrogen) atoms. The molecular weight excluding hydrogens is 302 g/mol. The summed E-state index contributed by atoms with van der Waals surface area (Å²) >= 11 is 0. The van der Waals surface area contributed by atoms with E-state index in [1.807, 2.05) is 0 Å². The van der Waals surface area contributed by atoms with Crippen LogP contribution < -0.4 is 0 Å². The Morgan fingerprint density at radius 2 is 2.30 bits per heavy atom. The molecule has 1 amide bonds. The van der Waals surface area contributed by atoms with Gasteiger partial charge < -0.3 is 19.3 Å². The maximum absolute atomic E-state index is 12.4. The van der Waals surface area contributed by atoms with Gasteiger partial charge in [-0.1, -0.05) is 5.16 Å². The highest BCUT2D eigenvalue weighted by molar-refractivity contribution is 5.81. The molecule has 2 aliphatic rings. The molecule has 0 bridgehead atoms. The molecule has 3 heterocycles. The second-order valence-electron chi connectivity index (χ2n) is 6.35. The van der Waals surface area contributed by atoms with Gasteiger partial charge in [0.25, 0.3) is 0 Å². The van der Waals surface area contributed by atoms with Gasteiger partial charge in [0.2, 0.25) is 11.8 Å². The van der Waals surface area contributed by atoms with Gasteiger partial charge in [-0.3, -0.25) is 9.59 Å². The summed E-state index contributed by atoms with van der Waals surface area (Å²) in [6.45, 7) is 3.36. The minimum Gasteiger partial charge on any atom is -0.481 e. The highest BCUT2D eigenvalue weighted by atomic mass is 16.5. The minimum atomic E-state index is -0.836. The van der Waals surface area contributed by atoms with Crippen molar-refractivity contribution in [1.82, 2.24) is 15.0 Å². The number of hydrogen-bond acceptors (Lipinski definition) is 6. The molecule has 0 spiro atoms. The largest absolute Gasteiger partial charge is 0.481 e. The number of carboxylic acids is 1. The van der Waals surface area contributed by atoms with E-state index in [0.29, 0.717) is 57.2 Å². The summed E-state index contributed by atoms with van der Waals surface area (Å²) in [5.41, 5.74) is -0.836. The Labute approximate surface area is 133 Å². The van der Waals surface area contributed by atoms with Gasteiger partial charge in [-0.2, -0.15) is 4.98 Å². The fourth-order valence-corrected chi connectivity index (χ4v) is 3.48. The minimum absolute atomic E-state index is 0.0173. The van der Waals surface area contributed by atoms with E-state index in [0.717, 1.165) is 0 Å². The SMILES string of the molecule is Cc1noc(CCCC(=O)N2C[C@H]3COCC[C@@]3(C(=O)O)C2)n1. The molecule has 1 N–H and O–H groups in total. The molecule has 0 unspecified atom stereocenters. The molecule has 0 saturated carbocycles. The standard InChI is InChI=1S/C15H21N3O5/c1-10-16-12(23-17-10)3-2-4-13(19)18-7-11-8-22-6-5-15(11,9-18)14(20)21/h11H,2-9H2,1H3,(H,20,21)/t11-,15+/m0/s1. The van der Waals surface area contributed by atoms with Crippen molar-refractivity contribution >= 4 is 11.9 Å². The van der Waals surface area contributed by atoms with Gasteiger partial charge in [-0.15, -0.1) is 0 Å². The van der Waals surface area contributed by atoms with E-state index in [4.69, 9.17) is 9.26 Å². The summed E-state index contributed by atoms with van der Waals surface area (Å²) in [7, 11) is 0. The molecule has 2 aliphatic heterocycles. The Morgan fingerprint density at radius 1 is 1.48 bits per heavy atom. The summed E-state index contributed by atoms with van der Waals surface area (Å²) in [5, 5.41) is 13.3. The van der Waals surface area contributed by atoms with Crippen LogP contribution in [0.15, 0.2) is 4.52 Å². The zero-order chi connectivity index (χ0) is 16.4. The van der Waals surface area contributed by atoms with E-state index in [1.54, 1.807) is 11.8 Å². The number of aryl methyl sites for hydroxylation is 2. The van der Waals surface area contributed by atoms with Crippen molar-refractivity contribution in [3.63, 3.8) is 0 Å². The summed E-state index contributed by atoms with van der Waals surface area (Å²) in [6.07, 6.45) is 1.98. The molecule has 2 saturated heterocycles. The third kappa shape index (κ3) is 3.08. The third-order valence-electron chi connectivity index (χ3n) is 4.84. The van der Waals surface area contributed by atoms with Crippen molar-refractivity contribution < 1.29 is 24.0 Å². The Kier molecular flexibility index (Phi) is 4.34. The van der Waals surface area contributed by atoms with Crippen LogP contribution in [-0.4, -0.2) is 58.3 Å². The number of carboxylic acid groups (broad SMARTS) is 1. The summed E-state index contributed by atoms with van der Waals surface area (Å²) in [5.74, 6) is 0.161. The number of likely N-dealkylation sites (tertiary alicyclic amines) is 1. The maximum atomic E-state index is 12.4. The topological polar surface area (TPSA) is 106 Å². The molecule has 126 valence electrons. The van der Waals surface area contributed by atoms with Crippen LogP contribution in [0.4, 0.5) is 0 Å². The molecule has 1 aromatic rings. The number of carbonyl (C=O) groups is 2. The lowest BCUT2D eigenvalue weighted by molar-refractivity contribution is -0.157. The van der Waals surface area contributed by atoms with Crippen molar-refractivity contribution in [3.8, 4) is 0 Å². The van der Waals surface area contributed by atoms with Crippen LogP contribution in [0.1, 0.15) is 31.0 Å². The Morgan fingerprint density at radius 3 is 2.96 bits per heavy atom. The molecule has 0 aromatic carbocycles. The smallest absolute Gasteiger partial charge is 0.311 e. The molecule has 0 aliphatic carbocycles. The van der Waals surface area contributed by atoms with Gasteiger partial charge in [0.15, 0.2) is 5.82 Å². The average Bonchev–Trinajstić information content (AvgIpc) is 3.11. The van der Waals surface area contributed by atoms with Crippen LogP contribution in [0.2, 0.25) is 0 Å². The fraction of sp³-hybridized carbons (Fsp3) is 0.733. The predicted molar refractivity (Wildman–Crippen MR) is 77.5 cm³/mol. The van der Waals surface area contributed by atoms with Gasteiger partial charge >= 0.3 is 5.97 Å². The predicted octanol–water partition coefficient (Wildman–Crippen LogP) is 0.650. The number of aliphatic carboxylic acids is 1. The van der Waals surface area contributed by atoms with Crippen LogP contribution in [0, 0.1) is 18.3 Å². The normalized spacial score (nSPS) is 27.0. The van der Waals surface area contributed by atoms with E-state index in [1.165, 1.54) is 0 Å². The number of aromatic nitrogens is 2. The first-order valence-corrected chi connectivity index (χ1v) is 7.89. The summed E-state index contributed by atoms with van der Waals surface area (Å²) in [4.78, 5) is 29.9. The molecule has 8 nitrogen and oxygen atoms in total. The Balaban J connectivity index is 1.55. The van der Waals surface area contributed by atoms with E-state index in [-0.39, 0.29) is 18.4 Å². The lowest BCUT2D eigenvalue weighted by Crippen LogP contribution is -2.45. The first-order valence-electron chi connectivity index (χ1n) is 7.89. The summed E-state index contributed by atoms with van der Waals surface area (Å²) in [6, 6.07) is 0. The highest BCUT2D eigenvalue weighted by Gasteiger charge is 2.54. The molecule has 2 atom stereocenters. The van der Waals surface area contributed by atoms with Crippen molar-refractivity contribution in [2.24, 2.45) is 11.3 Å². The number of carbonyl (C=O) groups excluding carboxylic acids is 1. The van der Waals surface area contributed by atoms with Crippen LogP contribution in [0.3, 0.4) is 0 Å². The fourth-order valence-electron chi connectivity index (χ4n) is 3.48. The van der Waals surface area contributed by atoms with Crippen molar-refractivity contribution in [1.29, 1.82) is 0 Å². The van der Waals surface area contributed by atoms with Gasteiger partial charge in [0, 0.05) is 38.5 Å². The van der Waals surface area contributed by atoms with E-state index >= 15 is 0 Å². The van der Waals surface area contributed by atoms with Gasteiger partial charge in [0.05, 0.1) is 12.0 Å². The molecule has 1 aromatic heterocycles. The first kappa shape index (κ1) is 15.9. The van der Waals surface area contributed by atoms with E-state index < -0.39 is 11.4 Å². The number of amides is 1. The lowest BCUT2D eigenvalue weighted by atomic mass is 9.74. The average molecular weight is 323 g/mol. The van der Waals surface area contributed by atoms with Gasteiger partial charge in [0.1, 0.15) is 0 Å². The van der Waals surface area contributed by atoms with Crippen molar-refractivity contribution in [3.05, 3.63) is 11.7 Å². The molecular formula is C15H21N3O5. The quantitative estimate of drug-likeness (QED) is 0.848. The zero-order valence-electron chi connectivity index (χ0n) is 13.2. The molecule has 3 rings (SSSR count). The number of ether oxygens (including phenoxy) is 1. The van der Waals surface area contributed by atoms with Crippen LogP contribution >= 0.6 is 0 Å². The number of hydrogen-bond donors (Lipinski definition) is 1. The second kappa shape index (κ2) is 6.27. The number of fused-ring (bicyclic) bond motifs is 1. The maximum Gasteiger partial charge on any atom is 0.311 e. The lowest BCUT2D eigenvalue weighted by Gasteiger charge is -2.33. The van der Waals surface area contributed by atoms with Crippen molar-refractivity contribution in [2.75, 3.05) is 26.3 Å². The Bertz CT molecular complexity index is 602. The zero-order valence-corrected chi connectivity index (χ0v) is 13.2.